The Morgan fingerprint density at radius 3 is 2.67 bits per heavy atom. The second-order valence-electron chi connectivity index (χ2n) is 6.26. The molecule has 2 aromatic rings. The highest BCUT2D eigenvalue weighted by Gasteiger charge is 2.45. The van der Waals surface area contributed by atoms with Gasteiger partial charge in [0.1, 0.15) is 0 Å². The number of aromatic carboxylic acids is 1. The number of carboxylic acid groups (broad SMARTS) is 1. The molecule has 110 valence electrons. The molecule has 1 aliphatic carbocycles. The molecule has 1 aromatic carbocycles. The quantitative estimate of drug-likeness (QED) is 0.836. The summed E-state index contributed by atoms with van der Waals surface area (Å²) in [5.41, 5.74) is -0.593. The predicted molar refractivity (Wildman–Crippen MR) is 77.7 cm³/mol. The first-order valence-corrected chi connectivity index (χ1v) is 6.80. The van der Waals surface area contributed by atoms with Gasteiger partial charge in [-0.15, -0.1) is 0 Å². The Labute approximate surface area is 120 Å². The molecule has 0 saturated heterocycles. The van der Waals surface area contributed by atoms with Crippen molar-refractivity contribution in [2.24, 2.45) is 11.3 Å². The van der Waals surface area contributed by atoms with Crippen LogP contribution >= 0.6 is 0 Å². The summed E-state index contributed by atoms with van der Waals surface area (Å²) >= 11 is 0. The zero-order valence-corrected chi connectivity index (χ0v) is 11.8. The normalized spacial score (nSPS) is 19.6. The molecule has 1 atom stereocenters. The number of rotatable bonds is 3. The minimum atomic E-state index is -1.13. The van der Waals surface area contributed by atoms with Gasteiger partial charge < -0.3 is 14.7 Å². The molecular weight excluding hydrogens is 272 g/mol. The maximum atomic E-state index is 12.1. The summed E-state index contributed by atoms with van der Waals surface area (Å²) in [4.78, 5) is 37.6. The van der Waals surface area contributed by atoms with Crippen LogP contribution in [0.2, 0.25) is 0 Å². The van der Waals surface area contributed by atoms with Crippen LogP contribution in [0, 0.1) is 11.3 Å². The van der Waals surface area contributed by atoms with E-state index in [2.05, 4.69) is 18.8 Å². The molecule has 1 aliphatic rings. The number of benzene rings is 1. The number of hydrogen-bond donors (Lipinski definition) is 2. The van der Waals surface area contributed by atoms with Crippen molar-refractivity contribution in [1.82, 2.24) is 9.55 Å². The summed E-state index contributed by atoms with van der Waals surface area (Å²) in [5.74, 6) is -0.804. The van der Waals surface area contributed by atoms with Crippen LogP contribution in [-0.4, -0.2) is 20.6 Å². The first kappa shape index (κ1) is 13.6. The molecule has 0 spiro atoms. The zero-order chi connectivity index (χ0) is 15.4. The fraction of sp³-hybridized carbons (Fsp3) is 0.400. The summed E-state index contributed by atoms with van der Waals surface area (Å²) in [6, 6.07) is 4.66. The monoisotopic (exact) mass is 288 g/mol. The van der Waals surface area contributed by atoms with E-state index in [1.807, 2.05) is 0 Å². The summed E-state index contributed by atoms with van der Waals surface area (Å²) < 4.78 is 1.40. The topological polar surface area (TPSA) is 92.2 Å². The van der Waals surface area contributed by atoms with Gasteiger partial charge in [-0.25, -0.2) is 4.79 Å². The van der Waals surface area contributed by atoms with Gasteiger partial charge in [0.05, 0.1) is 16.6 Å². The number of fused-ring (bicyclic) bond motifs is 1. The van der Waals surface area contributed by atoms with Crippen molar-refractivity contribution in [2.75, 3.05) is 0 Å². The van der Waals surface area contributed by atoms with Gasteiger partial charge in [-0.2, -0.15) is 0 Å². The van der Waals surface area contributed by atoms with E-state index in [9.17, 15) is 19.5 Å². The average Bonchev–Trinajstić information content (AvgIpc) is 3.01. The second kappa shape index (κ2) is 4.31. The molecule has 1 saturated carbocycles. The summed E-state index contributed by atoms with van der Waals surface area (Å²) in [7, 11) is 0. The first-order valence-electron chi connectivity index (χ1n) is 6.80. The van der Waals surface area contributed by atoms with Crippen LogP contribution in [0.25, 0.3) is 11.0 Å². The third-order valence-corrected chi connectivity index (χ3v) is 4.36. The van der Waals surface area contributed by atoms with Gasteiger partial charge in [-0.3, -0.25) is 9.59 Å². The molecule has 0 radical (unpaired) electrons. The Balaban J connectivity index is 2.25. The van der Waals surface area contributed by atoms with Gasteiger partial charge >= 0.3 is 17.1 Å². The molecule has 21 heavy (non-hydrogen) atoms. The number of aromatic amines is 1. The van der Waals surface area contributed by atoms with Gasteiger partial charge in [0, 0.05) is 6.54 Å². The highest BCUT2D eigenvalue weighted by Crippen LogP contribution is 2.52. The molecule has 1 unspecified atom stereocenters. The van der Waals surface area contributed by atoms with Crippen LogP contribution in [0.5, 0.6) is 0 Å². The molecule has 2 N–H and O–H groups in total. The number of aromatic nitrogens is 2. The highest BCUT2D eigenvalue weighted by molar-refractivity contribution is 6.00. The lowest BCUT2D eigenvalue weighted by molar-refractivity contribution is 0.0699. The lowest BCUT2D eigenvalue weighted by Gasteiger charge is -2.11. The van der Waals surface area contributed by atoms with Crippen LogP contribution in [0.15, 0.2) is 27.8 Å². The van der Waals surface area contributed by atoms with Crippen molar-refractivity contribution in [3.8, 4) is 0 Å². The first-order chi connectivity index (χ1) is 9.81. The highest BCUT2D eigenvalue weighted by atomic mass is 16.4. The van der Waals surface area contributed by atoms with Crippen molar-refractivity contribution in [1.29, 1.82) is 0 Å². The third-order valence-electron chi connectivity index (χ3n) is 4.36. The molecule has 0 amide bonds. The third kappa shape index (κ3) is 2.16. The Morgan fingerprint density at radius 2 is 2.10 bits per heavy atom. The zero-order valence-electron chi connectivity index (χ0n) is 11.8. The van der Waals surface area contributed by atoms with E-state index >= 15 is 0 Å². The van der Waals surface area contributed by atoms with Crippen molar-refractivity contribution in [2.45, 2.75) is 26.8 Å². The van der Waals surface area contributed by atoms with Crippen molar-refractivity contribution in [3.63, 3.8) is 0 Å². The molecule has 0 bridgehead atoms. The number of carboxylic acids is 1. The van der Waals surface area contributed by atoms with Crippen LogP contribution in [0.1, 0.15) is 30.6 Å². The Bertz CT molecular complexity index is 860. The largest absolute Gasteiger partial charge is 0.478 e. The van der Waals surface area contributed by atoms with Crippen LogP contribution in [-0.2, 0) is 6.54 Å². The number of carbonyl (C=O) groups is 1. The van der Waals surface area contributed by atoms with Crippen LogP contribution in [0.4, 0.5) is 0 Å². The molecular formula is C15H16N2O4. The molecule has 0 aliphatic heterocycles. The summed E-state index contributed by atoms with van der Waals surface area (Å²) in [6.45, 7) is 4.66. The van der Waals surface area contributed by atoms with E-state index in [0.29, 0.717) is 18.0 Å². The second-order valence-corrected chi connectivity index (χ2v) is 6.26. The maximum absolute atomic E-state index is 12.1. The van der Waals surface area contributed by atoms with E-state index < -0.39 is 17.1 Å². The number of nitrogens with one attached hydrogen (secondary N) is 1. The summed E-state index contributed by atoms with van der Waals surface area (Å²) in [6.07, 6.45) is 0.992. The van der Waals surface area contributed by atoms with Gasteiger partial charge in [-0.05, 0) is 29.9 Å². The minimum absolute atomic E-state index is 0.00610. The van der Waals surface area contributed by atoms with E-state index in [0.717, 1.165) is 6.42 Å². The molecule has 6 heteroatoms. The lowest BCUT2D eigenvalue weighted by Crippen LogP contribution is -2.37. The summed E-state index contributed by atoms with van der Waals surface area (Å²) in [5, 5.41) is 9.20. The maximum Gasteiger partial charge on any atom is 0.337 e. The van der Waals surface area contributed by atoms with Crippen LogP contribution in [0.3, 0.4) is 0 Å². The number of para-hydroxylation sites is 1. The predicted octanol–water partition coefficient (Wildman–Crippen LogP) is 1.43. The van der Waals surface area contributed by atoms with Crippen molar-refractivity contribution >= 4 is 17.0 Å². The minimum Gasteiger partial charge on any atom is -0.478 e. The lowest BCUT2D eigenvalue weighted by atomic mass is 10.1. The van der Waals surface area contributed by atoms with Crippen molar-refractivity contribution in [3.05, 3.63) is 44.5 Å². The van der Waals surface area contributed by atoms with E-state index in [-0.39, 0.29) is 16.5 Å². The fourth-order valence-electron chi connectivity index (χ4n) is 2.76. The number of H-pyrrole nitrogens is 1. The number of nitrogens with zero attached hydrogens (tertiary/aromatic N) is 1. The molecule has 3 rings (SSSR count). The Hall–Kier alpha value is -2.37. The molecule has 1 fully saturated rings. The molecule has 1 aromatic heterocycles. The van der Waals surface area contributed by atoms with Gasteiger partial charge in [-0.1, -0.05) is 19.9 Å². The molecule has 6 nitrogen and oxygen atoms in total. The Kier molecular flexibility index (Phi) is 2.79. The average molecular weight is 288 g/mol. The number of hydrogen-bond acceptors (Lipinski definition) is 3. The van der Waals surface area contributed by atoms with Crippen LogP contribution < -0.4 is 11.1 Å². The van der Waals surface area contributed by atoms with E-state index in [1.54, 1.807) is 12.1 Å². The van der Waals surface area contributed by atoms with Gasteiger partial charge in [0.25, 0.3) is 0 Å². The Morgan fingerprint density at radius 1 is 1.43 bits per heavy atom. The van der Waals surface area contributed by atoms with E-state index in [1.165, 1.54) is 10.6 Å². The fourth-order valence-corrected chi connectivity index (χ4v) is 2.76. The van der Waals surface area contributed by atoms with E-state index in [4.69, 9.17) is 0 Å². The molecule has 1 heterocycles. The smallest absolute Gasteiger partial charge is 0.337 e. The van der Waals surface area contributed by atoms with Gasteiger partial charge in [0.2, 0.25) is 0 Å². The standard InChI is InChI=1S/C15H16N2O4/c1-15(2)6-8(15)7-17-10-5-3-4-9(14(20)21)11(10)16-12(18)13(17)19/h3-5,8H,6-7H2,1-2H3,(H,16,18)(H,20,21). The van der Waals surface area contributed by atoms with Crippen molar-refractivity contribution < 1.29 is 9.90 Å². The van der Waals surface area contributed by atoms with Gasteiger partial charge in [0.15, 0.2) is 0 Å². The SMILES string of the molecule is CC1(C)CC1Cn1c(=O)c(=O)[nH]c2c(C(=O)O)cccc21.